The first-order valence-electron chi connectivity index (χ1n) is 11.1. The summed E-state index contributed by atoms with van der Waals surface area (Å²) in [5.74, 6) is -1.67. The maximum absolute atomic E-state index is 12.4. The molecule has 2 bridgehead atoms. The Morgan fingerprint density at radius 3 is 2.41 bits per heavy atom. The third-order valence-corrected chi connectivity index (χ3v) is 7.88. The third kappa shape index (κ3) is 3.04. The van der Waals surface area contributed by atoms with Gasteiger partial charge in [-0.05, 0) is 12.5 Å². The average molecular weight is 453 g/mol. The van der Waals surface area contributed by atoms with Crippen molar-refractivity contribution in [3.05, 3.63) is 11.6 Å². The molecule has 1 spiro atoms. The predicted molar refractivity (Wildman–Crippen MR) is 109 cm³/mol. The number of fused-ring (bicyclic) bond motifs is 2. The van der Waals surface area contributed by atoms with Gasteiger partial charge in [0.15, 0.2) is 0 Å². The van der Waals surface area contributed by atoms with Gasteiger partial charge in [0.25, 0.3) is 0 Å². The van der Waals surface area contributed by atoms with Crippen LogP contribution in [0.1, 0.15) is 48.0 Å². The number of rotatable bonds is 5. The Balaban J connectivity index is 1.83. The summed E-state index contributed by atoms with van der Waals surface area (Å²) >= 11 is 0. The van der Waals surface area contributed by atoms with Crippen molar-refractivity contribution in [1.82, 2.24) is 0 Å². The average Bonchev–Trinajstić information content (AvgIpc) is 3.48. The van der Waals surface area contributed by atoms with Crippen molar-refractivity contribution in [1.29, 1.82) is 0 Å². The number of aliphatic hydroxyl groups is 1. The first-order valence-corrected chi connectivity index (χ1v) is 11.1. The van der Waals surface area contributed by atoms with Gasteiger partial charge in [-0.15, -0.1) is 0 Å². The molecule has 178 valence electrons. The molecule has 32 heavy (non-hydrogen) atoms. The summed E-state index contributed by atoms with van der Waals surface area (Å²) in [6, 6.07) is 0. The lowest BCUT2D eigenvalue weighted by Crippen LogP contribution is -2.68. The zero-order chi connectivity index (χ0) is 23.6. The molecule has 4 unspecified atom stereocenters. The molecule has 8 atom stereocenters. The van der Waals surface area contributed by atoms with Crippen LogP contribution in [0.2, 0.25) is 0 Å². The SMILES string of the molecule is CC(=O)OC[C@]12C[C@H](OC(=O)C(C)C)C(C)=CC1OC1[C@H](O)[C@@H](OC(C)=O)C2(C)C12CO2. The molecule has 0 aromatic rings. The van der Waals surface area contributed by atoms with Gasteiger partial charge in [0.1, 0.15) is 36.6 Å². The van der Waals surface area contributed by atoms with Crippen molar-refractivity contribution in [2.45, 2.75) is 84.1 Å². The fourth-order valence-corrected chi connectivity index (χ4v) is 6.00. The number of ether oxygens (including phenoxy) is 5. The fourth-order valence-electron chi connectivity index (χ4n) is 6.00. The highest BCUT2D eigenvalue weighted by Gasteiger charge is 2.86. The van der Waals surface area contributed by atoms with Crippen LogP contribution in [0.4, 0.5) is 0 Å². The van der Waals surface area contributed by atoms with Gasteiger partial charge in [0, 0.05) is 20.3 Å². The summed E-state index contributed by atoms with van der Waals surface area (Å²) < 4.78 is 29.3. The van der Waals surface area contributed by atoms with Gasteiger partial charge in [-0.2, -0.15) is 0 Å². The monoisotopic (exact) mass is 452 g/mol. The highest BCUT2D eigenvalue weighted by molar-refractivity contribution is 5.72. The minimum atomic E-state index is -1.11. The lowest BCUT2D eigenvalue weighted by atomic mass is 9.51. The van der Waals surface area contributed by atoms with Crippen LogP contribution in [0.25, 0.3) is 0 Å². The van der Waals surface area contributed by atoms with E-state index in [4.69, 9.17) is 23.7 Å². The lowest BCUT2D eigenvalue weighted by molar-refractivity contribution is -0.241. The van der Waals surface area contributed by atoms with Crippen molar-refractivity contribution >= 4 is 17.9 Å². The van der Waals surface area contributed by atoms with E-state index < -0.39 is 58.9 Å². The first kappa shape index (κ1) is 23.2. The quantitative estimate of drug-likeness (QED) is 0.285. The molecule has 2 saturated heterocycles. The largest absolute Gasteiger partial charge is 0.465 e. The number of carbonyl (C=O) groups excluding carboxylic acids is 3. The Hall–Kier alpha value is -1.97. The highest BCUT2D eigenvalue weighted by Crippen LogP contribution is 2.72. The van der Waals surface area contributed by atoms with E-state index in [2.05, 4.69) is 0 Å². The van der Waals surface area contributed by atoms with E-state index in [-0.39, 0.29) is 24.9 Å². The molecule has 0 amide bonds. The molecule has 2 aliphatic heterocycles. The van der Waals surface area contributed by atoms with Crippen molar-refractivity contribution < 1.29 is 43.2 Å². The molecule has 4 aliphatic rings. The second kappa shape index (κ2) is 7.53. The summed E-state index contributed by atoms with van der Waals surface area (Å²) in [7, 11) is 0. The maximum Gasteiger partial charge on any atom is 0.308 e. The van der Waals surface area contributed by atoms with Gasteiger partial charge in [-0.3, -0.25) is 14.4 Å². The topological polar surface area (TPSA) is 121 Å². The van der Waals surface area contributed by atoms with Crippen molar-refractivity contribution in [3.8, 4) is 0 Å². The van der Waals surface area contributed by atoms with Gasteiger partial charge in [0.05, 0.1) is 29.5 Å². The van der Waals surface area contributed by atoms with Crippen LogP contribution in [0.3, 0.4) is 0 Å². The zero-order valence-corrected chi connectivity index (χ0v) is 19.4. The van der Waals surface area contributed by atoms with Gasteiger partial charge in [-0.1, -0.05) is 26.8 Å². The van der Waals surface area contributed by atoms with E-state index in [1.165, 1.54) is 13.8 Å². The van der Waals surface area contributed by atoms with Gasteiger partial charge >= 0.3 is 17.9 Å². The zero-order valence-electron chi connectivity index (χ0n) is 19.4. The van der Waals surface area contributed by atoms with Crippen LogP contribution in [-0.2, 0) is 38.1 Å². The maximum atomic E-state index is 12.4. The van der Waals surface area contributed by atoms with Crippen molar-refractivity contribution in [3.63, 3.8) is 0 Å². The standard InChI is InChI=1S/C23H32O9/c1-11(2)20(27)31-15-8-22(9-28-13(4)24)16(7-12(15)3)32-19-17(26)18(30-14(5)25)21(22,6)23(19)10-29-23/h7,11,15-19,26H,8-10H2,1-6H3/t15-,16?,17+,18+,19?,21?,22+,23?/m0/s1. The van der Waals surface area contributed by atoms with Gasteiger partial charge in [-0.25, -0.2) is 0 Å². The fraction of sp³-hybridized carbons (Fsp3) is 0.783. The molecule has 3 fully saturated rings. The van der Waals surface area contributed by atoms with E-state index in [0.717, 1.165) is 5.57 Å². The van der Waals surface area contributed by atoms with E-state index >= 15 is 0 Å². The molecular weight excluding hydrogens is 420 g/mol. The highest BCUT2D eigenvalue weighted by atomic mass is 16.7. The molecule has 4 rings (SSSR count). The summed E-state index contributed by atoms with van der Waals surface area (Å²) in [6.07, 6.45) is -1.76. The van der Waals surface area contributed by atoms with E-state index in [9.17, 15) is 19.5 Å². The van der Waals surface area contributed by atoms with E-state index in [1.807, 2.05) is 19.9 Å². The molecule has 9 heteroatoms. The molecule has 0 aromatic carbocycles. The van der Waals surface area contributed by atoms with Crippen LogP contribution < -0.4 is 0 Å². The van der Waals surface area contributed by atoms with Crippen LogP contribution in [-0.4, -0.2) is 72.3 Å². The predicted octanol–water partition coefficient (Wildman–Crippen LogP) is 1.30. The Kier molecular flexibility index (Phi) is 5.46. The number of carbonyl (C=O) groups is 3. The smallest absolute Gasteiger partial charge is 0.308 e. The normalized spacial score (nSPS) is 44.0. The Bertz CT molecular complexity index is 860. The Morgan fingerprint density at radius 2 is 1.88 bits per heavy atom. The van der Waals surface area contributed by atoms with Crippen LogP contribution in [0.5, 0.6) is 0 Å². The molecule has 1 saturated carbocycles. The molecule has 2 heterocycles. The minimum absolute atomic E-state index is 0.0642. The molecule has 0 radical (unpaired) electrons. The van der Waals surface area contributed by atoms with Crippen LogP contribution in [0.15, 0.2) is 11.6 Å². The van der Waals surface area contributed by atoms with Crippen molar-refractivity contribution in [2.24, 2.45) is 16.7 Å². The van der Waals surface area contributed by atoms with Crippen LogP contribution >= 0.6 is 0 Å². The summed E-state index contributed by atoms with van der Waals surface area (Å²) in [4.78, 5) is 36.3. The molecule has 2 aliphatic carbocycles. The van der Waals surface area contributed by atoms with Gasteiger partial charge < -0.3 is 28.8 Å². The Labute approximate surface area is 187 Å². The number of aliphatic hydroxyl groups excluding tert-OH is 1. The van der Waals surface area contributed by atoms with E-state index in [0.29, 0.717) is 6.61 Å². The van der Waals surface area contributed by atoms with Crippen LogP contribution in [0, 0.1) is 16.7 Å². The summed E-state index contributed by atoms with van der Waals surface area (Å²) in [6.45, 7) is 10.1. The summed E-state index contributed by atoms with van der Waals surface area (Å²) in [5.41, 5.74) is -2.01. The first-order chi connectivity index (χ1) is 14.9. The number of epoxide rings is 1. The summed E-state index contributed by atoms with van der Waals surface area (Å²) in [5, 5.41) is 11.1. The molecular formula is C23H32O9. The Morgan fingerprint density at radius 1 is 1.22 bits per heavy atom. The molecule has 9 nitrogen and oxygen atoms in total. The second-order valence-electron chi connectivity index (χ2n) is 10.0. The lowest BCUT2D eigenvalue weighted by Gasteiger charge is -2.58. The van der Waals surface area contributed by atoms with Crippen molar-refractivity contribution in [2.75, 3.05) is 13.2 Å². The second-order valence-corrected chi connectivity index (χ2v) is 10.0. The molecule has 1 N–H and O–H groups in total. The third-order valence-electron chi connectivity index (χ3n) is 7.88. The minimum Gasteiger partial charge on any atom is -0.465 e. The number of hydrogen-bond acceptors (Lipinski definition) is 9. The van der Waals surface area contributed by atoms with E-state index in [1.54, 1.807) is 13.8 Å². The van der Waals surface area contributed by atoms with Gasteiger partial charge in [0.2, 0.25) is 0 Å². The number of esters is 3. The molecule has 0 aromatic heterocycles. The number of hydrogen-bond donors (Lipinski definition) is 1.